The molecule has 2 aromatic rings. The molecule has 0 aliphatic carbocycles. The quantitative estimate of drug-likeness (QED) is 0.869. The van der Waals surface area contributed by atoms with Gasteiger partial charge in [-0.3, -0.25) is 9.59 Å². The molecule has 0 saturated heterocycles. The van der Waals surface area contributed by atoms with Gasteiger partial charge in [0.2, 0.25) is 5.91 Å². The summed E-state index contributed by atoms with van der Waals surface area (Å²) in [6.07, 6.45) is 0. The van der Waals surface area contributed by atoms with E-state index < -0.39 is 23.5 Å². The first kappa shape index (κ1) is 16.6. The number of carbonyl (C=O) groups is 2. The second-order valence-corrected chi connectivity index (χ2v) is 5.52. The van der Waals surface area contributed by atoms with Gasteiger partial charge in [0.05, 0.1) is 18.5 Å². The van der Waals surface area contributed by atoms with Crippen LogP contribution >= 0.6 is 0 Å². The summed E-state index contributed by atoms with van der Waals surface area (Å²) < 4.78 is 18.0. The van der Waals surface area contributed by atoms with Gasteiger partial charge >= 0.3 is 0 Å². The summed E-state index contributed by atoms with van der Waals surface area (Å²) in [5.74, 6) is -1.72. The molecule has 1 N–H and O–H groups in total. The molecule has 2 amide bonds. The molecule has 2 aromatic carbocycles. The number of rotatable bonds is 4. The van der Waals surface area contributed by atoms with E-state index in [4.69, 9.17) is 4.74 Å². The predicted octanol–water partition coefficient (Wildman–Crippen LogP) is 2.81. The zero-order valence-electron chi connectivity index (χ0n) is 13.7. The van der Waals surface area contributed by atoms with Crippen LogP contribution in [0.3, 0.4) is 0 Å². The Morgan fingerprint density at radius 1 is 1.16 bits per heavy atom. The van der Waals surface area contributed by atoms with Crippen molar-refractivity contribution in [2.24, 2.45) is 11.0 Å². The minimum Gasteiger partial charge on any atom is -0.497 e. The maximum absolute atomic E-state index is 12.9. The number of halogens is 1. The predicted molar refractivity (Wildman–Crippen MR) is 92.1 cm³/mol. The first-order chi connectivity index (χ1) is 12.0. The number of hydrazone groups is 1. The molecule has 0 fully saturated rings. The zero-order valence-corrected chi connectivity index (χ0v) is 13.7. The van der Waals surface area contributed by atoms with Gasteiger partial charge in [0.1, 0.15) is 11.6 Å². The SMILES string of the molecule is COc1ccc(N2N=C(C)C(C(=O)Nc3ccc(F)cc3)C2=O)cc1. The van der Waals surface area contributed by atoms with Crippen molar-refractivity contribution < 1.29 is 18.7 Å². The van der Waals surface area contributed by atoms with Crippen molar-refractivity contribution in [1.29, 1.82) is 0 Å². The first-order valence-corrected chi connectivity index (χ1v) is 7.59. The van der Waals surface area contributed by atoms with Gasteiger partial charge in [-0.2, -0.15) is 10.1 Å². The monoisotopic (exact) mass is 341 g/mol. The van der Waals surface area contributed by atoms with Crippen molar-refractivity contribution in [1.82, 2.24) is 0 Å². The third-order valence-electron chi connectivity index (χ3n) is 3.82. The smallest absolute Gasteiger partial charge is 0.265 e. The summed E-state index contributed by atoms with van der Waals surface area (Å²) in [5.41, 5.74) is 1.34. The number of nitrogens with one attached hydrogen (secondary N) is 1. The molecule has 0 radical (unpaired) electrons. The van der Waals surface area contributed by atoms with Gasteiger partial charge in [0.25, 0.3) is 5.91 Å². The third kappa shape index (κ3) is 3.35. The van der Waals surface area contributed by atoms with Crippen LogP contribution < -0.4 is 15.1 Å². The van der Waals surface area contributed by atoms with Gasteiger partial charge in [-0.15, -0.1) is 0 Å². The lowest BCUT2D eigenvalue weighted by atomic mass is 10.0. The third-order valence-corrected chi connectivity index (χ3v) is 3.82. The minimum atomic E-state index is -1.02. The molecule has 1 aliphatic heterocycles. The topological polar surface area (TPSA) is 71.0 Å². The number of hydrogen-bond acceptors (Lipinski definition) is 4. The molecule has 0 saturated carbocycles. The molecule has 1 atom stereocenters. The van der Waals surface area contributed by atoms with Crippen molar-refractivity contribution in [3.63, 3.8) is 0 Å². The number of benzene rings is 2. The summed E-state index contributed by atoms with van der Waals surface area (Å²) in [4.78, 5) is 25.1. The molecule has 1 aliphatic rings. The Balaban J connectivity index is 1.77. The summed E-state index contributed by atoms with van der Waals surface area (Å²) in [7, 11) is 1.55. The highest BCUT2D eigenvalue weighted by atomic mass is 19.1. The van der Waals surface area contributed by atoms with Crippen LogP contribution in [0, 0.1) is 11.7 Å². The lowest BCUT2D eigenvalue weighted by Gasteiger charge is -2.15. The molecule has 25 heavy (non-hydrogen) atoms. The van der Waals surface area contributed by atoms with Gasteiger partial charge in [-0.1, -0.05) is 0 Å². The first-order valence-electron chi connectivity index (χ1n) is 7.59. The van der Waals surface area contributed by atoms with E-state index in [9.17, 15) is 14.0 Å². The highest BCUT2D eigenvalue weighted by Crippen LogP contribution is 2.26. The Hall–Kier alpha value is -3.22. The van der Waals surface area contributed by atoms with Gasteiger partial charge in [0, 0.05) is 5.69 Å². The van der Waals surface area contributed by atoms with E-state index in [0.717, 1.165) is 0 Å². The van der Waals surface area contributed by atoms with E-state index in [-0.39, 0.29) is 0 Å². The molecule has 0 spiro atoms. The van der Waals surface area contributed by atoms with Crippen LogP contribution in [0.1, 0.15) is 6.92 Å². The Labute approximate surface area is 143 Å². The number of nitrogens with zero attached hydrogens (tertiary/aromatic N) is 2. The van der Waals surface area contributed by atoms with E-state index in [1.165, 1.54) is 29.3 Å². The fourth-order valence-electron chi connectivity index (χ4n) is 2.52. The highest BCUT2D eigenvalue weighted by molar-refractivity contribution is 6.28. The van der Waals surface area contributed by atoms with Crippen LogP contribution in [-0.4, -0.2) is 24.6 Å². The molecule has 128 valence electrons. The van der Waals surface area contributed by atoms with Crippen LogP contribution in [-0.2, 0) is 9.59 Å². The molecule has 1 unspecified atom stereocenters. The summed E-state index contributed by atoms with van der Waals surface area (Å²) in [5, 5.41) is 8.00. The van der Waals surface area contributed by atoms with Crippen molar-refractivity contribution in [3.8, 4) is 5.75 Å². The summed E-state index contributed by atoms with van der Waals surface area (Å²) >= 11 is 0. The fraction of sp³-hybridized carbons (Fsp3) is 0.167. The van der Waals surface area contributed by atoms with Gasteiger partial charge in [-0.05, 0) is 55.5 Å². The molecule has 0 aromatic heterocycles. The fourth-order valence-corrected chi connectivity index (χ4v) is 2.52. The van der Waals surface area contributed by atoms with Crippen LogP contribution in [0.4, 0.5) is 15.8 Å². The second kappa shape index (κ2) is 6.72. The Morgan fingerprint density at radius 3 is 2.40 bits per heavy atom. The molecule has 6 nitrogen and oxygen atoms in total. The highest BCUT2D eigenvalue weighted by Gasteiger charge is 2.39. The van der Waals surface area contributed by atoms with Crippen molar-refractivity contribution in [2.45, 2.75) is 6.92 Å². The summed E-state index contributed by atoms with van der Waals surface area (Å²) in [6, 6.07) is 12.1. The lowest BCUT2D eigenvalue weighted by molar-refractivity contribution is -0.127. The van der Waals surface area contributed by atoms with Crippen molar-refractivity contribution in [3.05, 3.63) is 54.3 Å². The van der Waals surface area contributed by atoms with Crippen LogP contribution in [0.5, 0.6) is 5.75 Å². The van der Waals surface area contributed by atoms with Gasteiger partial charge < -0.3 is 10.1 Å². The Bertz CT molecular complexity index is 832. The lowest BCUT2D eigenvalue weighted by Crippen LogP contribution is -2.36. The average molecular weight is 341 g/mol. The molecular weight excluding hydrogens is 325 g/mol. The van der Waals surface area contributed by atoms with Gasteiger partial charge in [0.15, 0.2) is 5.92 Å². The second-order valence-electron chi connectivity index (χ2n) is 5.52. The molecule has 7 heteroatoms. The van der Waals surface area contributed by atoms with Gasteiger partial charge in [-0.25, -0.2) is 4.39 Å². The minimum absolute atomic E-state index is 0.389. The number of amides is 2. The van der Waals surface area contributed by atoms with E-state index in [1.807, 2.05) is 0 Å². The largest absolute Gasteiger partial charge is 0.497 e. The molecular formula is C18H16FN3O3. The standard InChI is InChI=1S/C18H16FN3O3/c1-11-16(17(23)20-13-5-3-12(19)4-6-13)18(24)22(21-11)14-7-9-15(25-2)10-8-14/h3-10,16H,1-2H3,(H,20,23). The number of methoxy groups -OCH3 is 1. The van der Waals surface area contributed by atoms with E-state index in [1.54, 1.807) is 38.3 Å². The Kier molecular flexibility index (Phi) is 4.47. The number of hydrogen-bond donors (Lipinski definition) is 1. The molecule has 0 bridgehead atoms. The van der Waals surface area contributed by atoms with E-state index >= 15 is 0 Å². The van der Waals surface area contributed by atoms with Crippen LogP contribution in [0.25, 0.3) is 0 Å². The normalized spacial score (nSPS) is 16.6. The van der Waals surface area contributed by atoms with Crippen molar-refractivity contribution in [2.75, 3.05) is 17.4 Å². The maximum Gasteiger partial charge on any atom is 0.265 e. The number of anilines is 2. The molecule has 3 rings (SSSR count). The molecule has 1 heterocycles. The average Bonchev–Trinajstić information content (AvgIpc) is 2.91. The van der Waals surface area contributed by atoms with E-state index in [2.05, 4.69) is 10.4 Å². The number of carbonyl (C=O) groups excluding carboxylic acids is 2. The maximum atomic E-state index is 12.9. The van der Waals surface area contributed by atoms with E-state index in [0.29, 0.717) is 22.8 Å². The zero-order chi connectivity index (χ0) is 18.0. The summed E-state index contributed by atoms with van der Waals surface area (Å²) in [6.45, 7) is 1.62. The van der Waals surface area contributed by atoms with Crippen molar-refractivity contribution >= 4 is 28.9 Å². The Morgan fingerprint density at radius 2 is 1.80 bits per heavy atom. The number of ether oxygens (including phenoxy) is 1. The van der Waals surface area contributed by atoms with Crippen LogP contribution in [0.2, 0.25) is 0 Å². The van der Waals surface area contributed by atoms with Crippen LogP contribution in [0.15, 0.2) is 53.6 Å².